The maximum Gasteiger partial charge on any atom is 0.251 e. The molecule has 0 aliphatic carbocycles. The van der Waals surface area contributed by atoms with Crippen LogP contribution in [0.2, 0.25) is 0 Å². The molecule has 0 fully saturated rings. The van der Waals surface area contributed by atoms with E-state index in [0.717, 1.165) is 16.7 Å². The average Bonchev–Trinajstić information content (AvgIpc) is 2.85. The molecule has 1 aliphatic rings. The second-order valence-corrected chi connectivity index (χ2v) is 9.44. The van der Waals surface area contributed by atoms with E-state index in [-0.39, 0.29) is 18.2 Å². The number of nitrogens with one attached hydrogen (secondary N) is 2. The number of aryl methyl sites for hydroxylation is 2. The predicted octanol–water partition coefficient (Wildman–Crippen LogP) is 5.82. The van der Waals surface area contributed by atoms with Gasteiger partial charge in [-0.25, -0.2) is 0 Å². The topological polar surface area (TPSA) is 78.5 Å². The molecule has 0 radical (unpaired) electrons. The summed E-state index contributed by atoms with van der Waals surface area (Å²) < 4.78 is 0. The van der Waals surface area contributed by atoms with E-state index in [1.54, 1.807) is 30.3 Å². The Bertz CT molecular complexity index is 1330. The number of nitrogens with zero attached hydrogens (tertiary/aromatic N) is 1. The van der Waals surface area contributed by atoms with Crippen LogP contribution in [0.5, 0.6) is 0 Å². The first-order chi connectivity index (χ1) is 17.2. The zero-order chi connectivity index (χ0) is 25.8. The third kappa shape index (κ3) is 5.54. The molecule has 0 spiro atoms. The number of para-hydroxylation sites is 2. The van der Waals surface area contributed by atoms with Crippen molar-refractivity contribution in [3.63, 3.8) is 0 Å². The van der Waals surface area contributed by atoms with Crippen LogP contribution in [0.25, 0.3) is 6.08 Å². The Morgan fingerprint density at radius 1 is 1.00 bits per heavy atom. The molecule has 3 aromatic rings. The summed E-state index contributed by atoms with van der Waals surface area (Å²) in [7, 11) is 0. The van der Waals surface area contributed by atoms with E-state index in [0.29, 0.717) is 23.0 Å². The molecular formula is C30H31N3O3. The van der Waals surface area contributed by atoms with Crippen molar-refractivity contribution in [1.29, 1.82) is 0 Å². The van der Waals surface area contributed by atoms with Gasteiger partial charge in [0, 0.05) is 11.8 Å². The van der Waals surface area contributed by atoms with Crippen molar-refractivity contribution in [3.05, 3.63) is 95.1 Å². The molecule has 4 rings (SSSR count). The van der Waals surface area contributed by atoms with Gasteiger partial charge in [-0.2, -0.15) is 0 Å². The minimum Gasteiger partial charge on any atom is -0.326 e. The average molecular weight is 482 g/mol. The molecule has 1 aliphatic heterocycles. The molecule has 2 N–H and O–H groups in total. The number of benzene rings is 3. The SMILES string of the molecule is Cc1ccc(NC(=O)C[C@@H]2C(=O)Nc3ccccc3N2C(=O)/C=C/c2ccc(C(C)C)cc2)cc1C. The Labute approximate surface area is 212 Å². The Hall–Kier alpha value is -4.19. The Morgan fingerprint density at radius 2 is 1.72 bits per heavy atom. The lowest BCUT2D eigenvalue weighted by Crippen LogP contribution is -2.52. The Balaban J connectivity index is 1.57. The fraction of sp³-hybridized carbons (Fsp3) is 0.233. The van der Waals surface area contributed by atoms with Gasteiger partial charge in [-0.15, -0.1) is 0 Å². The lowest BCUT2D eigenvalue weighted by atomic mass is 10.0. The standard InChI is InChI=1S/C30H31N3O3/c1-19(2)23-13-10-22(11-14-23)12-16-29(35)33-26-8-6-5-7-25(26)32-30(36)27(33)18-28(34)31-24-15-9-20(3)21(4)17-24/h5-17,19,27H,18H2,1-4H3,(H,31,34)(H,32,36)/b16-12+/t27-/m1/s1. The highest BCUT2D eigenvalue weighted by Gasteiger charge is 2.37. The molecule has 3 amide bonds. The van der Waals surface area contributed by atoms with Gasteiger partial charge < -0.3 is 10.6 Å². The van der Waals surface area contributed by atoms with Gasteiger partial charge in [-0.3, -0.25) is 19.3 Å². The highest BCUT2D eigenvalue weighted by atomic mass is 16.2. The number of carbonyl (C=O) groups is 3. The van der Waals surface area contributed by atoms with E-state index >= 15 is 0 Å². The van der Waals surface area contributed by atoms with Crippen LogP contribution in [0.1, 0.15) is 48.4 Å². The molecule has 184 valence electrons. The zero-order valence-corrected chi connectivity index (χ0v) is 21.0. The van der Waals surface area contributed by atoms with Crippen LogP contribution in [0, 0.1) is 13.8 Å². The fourth-order valence-electron chi connectivity index (χ4n) is 4.19. The second-order valence-electron chi connectivity index (χ2n) is 9.44. The lowest BCUT2D eigenvalue weighted by Gasteiger charge is -2.35. The van der Waals surface area contributed by atoms with Gasteiger partial charge in [0.25, 0.3) is 5.91 Å². The summed E-state index contributed by atoms with van der Waals surface area (Å²) in [5.74, 6) is -0.686. The minimum atomic E-state index is -0.980. The number of hydrogen-bond donors (Lipinski definition) is 2. The van der Waals surface area contributed by atoms with Crippen molar-refractivity contribution in [1.82, 2.24) is 0 Å². The molecule has 36 heavy (non-hydrogen) atoms. The molecule has 1 heterocycles. The summed E-state index contributed by atoms with van der Waals surface area (Å²) in [5.41, 5.74) is 6.03. The molecule has 0 aromatic heterocycles. The number of carbonyl (C=O) groups excluding carboxylic acids is 3. The molecule has 1 atom stereocenters. The summed E-state index contributed by atoms with van der Waals surface area (Å²) in [4.78, 5) is 40.8. The molecule has 6 heteroatoms. The van der Waals surface area contributed by atoms with Crippen molar-refractivity contribution >= 4 is 40.9 Å². The summed E-state index contributed by atoms with van der Waals surface area (Å²) >= 11 is 0. The quantitative estimate of drug-likeness (QED) is 0.435. The van der Waals surface area contributed by atoms with E-state index in [9.17, 15) is 14.4 Å². The lowest BCUT2D eigenvalue weighted by molar-refractivity contribution is -0.124. The van der Waals surface area contributed by atoms with Gasteiger partial charge in [0.2, 0.25) is 11.8 Å². The van der Waals surface area contributed by atoms with Crippen LogP contribution >= 0.6 is 0 Å². The fourth-order valence-corrected chi connectivity index (χ4v) is 4.19. The first kappa shape index (κ1) is 24.9. The Kier molecular flexibility index (Phi) is 7.34. The third-order valence-corrected chi connectivity index (χ3v) is 6.46. The smallest absolute Gasteiger partial charge is 0.251 e. The first-order valence-electron chi connectivity index (χ1n) is 12.1. The maximum atomic E-state index is 13.4. The summed E-state index contributed by atoms with van der Waals surface area (Å²) in [5, 5.41) is 5.69. The largest absolute Gasteiger partial charge is 0.326 e. The molecule has 0 saturated heterocycles. The van der Waals surface area contributed by atoms with Gasteiger partial charge in [0.15, 0.2) is 0 Å². The maximum absolute atomic E-state index is 13.4. The van der Waals surface area contributed by atoms with Crippen LogP contribution < -0.4 is 15.5 Å². The summed E-state index contributed by atoms with van der Waals surface area (Å²) in [6.45, 7) is 8.23. The normalized spacial score (nSPS) is 15.1. The van der Waals surface area contributed by atoms with Crippen LogP contribution in [0.3, 0.4) is 0 Å². The van der Waals surface area contributed by atoms with E-state index in [4.69, 9.17) is 0 Å². The monoisotopic (exact) mass is 481 g/mol. The molecule has 0 saturated carbocycles. The van der Waals surface area contributed by atoms with Gasteiger partial charge in [-0.1, -0.05) is 56.3 Å². The van der Waals surface area contributed by atoms with E-state index in [2.05, 4.69) is 24.5 Å². The van der Waals surface area contributed by atoms with Crippen molar-refractivity contribution in [2.75, 3.05) is 15.5 Å². The highest BCUT2D eigenvalue weighted by molar-refractivity contribution is 6.16. The van der Waals surface area contributed by atoms with Gasteiger partial charge in [-0.05, 0) is 72.4 Å². The van der Waals surface area contributed by atoms with Gasteiger partial charge in [0.1, 0.15) is 6.04 Å². The number of hydrogen-bond acceptors (Lipinski definition) is 3. The highest BCUT2D eigenvalue weighted by Crippen LogP contribution is 2.33. The molecule has 0 unspecified atom stereocenters. The van der Waals surface area contributed by atoms with E-state index in [1.165, 1.54) is 16.5 Å². The van der Waals surface area contributed by atoms with Gasteiger partial charge in [0.05, 0.1) is 17.8 Å². The molecule has 6 nitrogen and oxygen atoms in total. The van der Waals surface area contributed by atoms with Crippen LogP contribution in [-0.4, -0.2) is 23.8 Å². The van der Waals surface area contributed by atoms with Crippen LogP contribution in [-0.2, 0) is 14.4 Å². The van der Waals surface area contributed by atoms with Crippen molar-refractivity contribution < 1.29 is 14.4 Å². The Morgan fingerprint density at radius 3 is 2.42 bits per heavy atom. The number of fused-ring (bicyclic) bond motifs is 1. The number of amides is 3. The third-order valence-electron chi connectivity index (χ3n) is 6.46. The second kappa shape index (κ2) is 10.6. The van der Waals surface area contributed by atoms with Crippen LogP contribution in [0.4, 0.5) is 17.1 Å². The predicted molar refractivity (Wildman–Crippen MR) is 145 cm³/mol. The van der Waals surface area contributed by atoms with Gasteiger partial charge >= 0.3 is 0 Å². The van der Waals surface area contributed by atoms with E-state index in [1.807, 2.05) is 56.3 Å². The zero-order valence-electron chi connectivity index (χ0n) is 21.0. The van der Waals surface area contributed by atoms with Crippen LogP contribution in [0.15, 0.2) is 72.8 Å². The van der Waals surface area contributed by atoms with Crippen molar-refractivity contribution in [2.24, 2.45) is 0 Å². The summed E-state index contributed by atoms with van der Waals surface area (Å²) in [6.07, 6.45) is 3.01. The van der Waals surface area contributed by atoms with Crippen molar-refractivity contribution in [2.45, 2.75) is 46.1 Å². The minimum absolute atomic E-state index is 0.171. The molecule has 3 aromatic carbocycles. The molecular weight excluding hydrogens is 450 g/mol. The summed E-state index contributed by atoms with van der Waals surface area (Å²) in [6, 6.07) is 19.8. The molecule has 0 bridgehead atoms. The van der Waals surface area contributed by atoms with E-state index < -0.39 is 11.9 Å². The number of rotatable bonds is 6. The first-order valence-corrected chi connectivity index (χ1v) is 12.1. The van der Waals surface area contributed by atoms with Crippen molar-refractivity contribution in [3.8, 4) is 0 Å². The number of anilines is 3.